The quantitative estimate of drug-likeness (QED) is 0.712. The second-order valence-corrected chi connectivity index (χ2v) is 7.38. The van der Waals surface area contributed by atoms with Crippen molar-refractivity contribution < 1.29 is 18.7 Å². The Morgan fingerprint density at radius 1 is 0.967 bits per heavy atom. The van der Waals surface area contributed by atoms with E-state index in [9.17, 15) is 14.0 Å². The zero-order valence-corrected chi connectivity index (χ0v) is 16.9. The largest absolute Gasteiger partial charge is 0.383 e. The van der Waals surface area contributed by atoms with Gasteiger partial charge in [-0.15, -0.1) is 0 Å². The second-order valence-electron chi connectivity index (χ2n) is 7.38. The van der Waals surface area contributed by atoms with Crippen LogP contribution in [0, 0.1) is 5.82 Å². The van der Waals surface area contributed by atoms with Gasteiger partial charge in [0.15, 0.2) is 0 Å². The van der Waals surface area contributed by atoms with Crippen LogP contribution in [0.4, 0.5) is 15.8 Å². The van der Waals surface area contributed by atoms with Crippen LogP contribution in [0.15, 0.2) is 54.2 Å². The molecule has 0 radical (unpaired) electrons. The molecule has 1 fully saturated rings. The van der Waals surface area contributed by atoms with Crippen LogP contribution >= 0.6 is 0 Å². The molecule has 0 aliphatic carbocycles. The van der Waals surface area contributed by atoms with Gasteiger partial charge in [0.2, 0.25) is 0 Å². The number of hydrogen-bond acceptors (Lipinski definition) is 5. The first kappa shape index (κ1) is 20.1. The Morgan fingerprint density at radius 3 is 2.27 bits per heavy atom. The topological polar surface area (TPSA) is 61.9 Å². The van der Waals surface area contributed by atoms with Crippen LogP contribution in [0.25, 0.3) is 5.57 Å². The third-order valence-electron chi connectivity index (χ3n) is 5.43. The molecule has 0 atom stereocenters. The first-order chi connectivity index (χ1) is 14.6. The molecule has 2 aromatic rings. The van der Waals surface area contributed by atoms with Crippen molar-refractivity contribution in [1.29, 1.82) is 0 Å². The monoisotopic (exact) mass is 409 g/mol. The van der Waals surface area contributed by atoms with Crippen molar-refractivity contribution in [3.8, 4) is 0 Å². The molecule has 0 saturated carbocycles. The molecule has 0 unspecified atom stereocenters. The summed E-state index contributed by atoms with van der Waals surface area (Å²) in [7, 11) is 1.51. The molecule has 7 heteroatoms. The standard InChI is InChI=1S/C23H24FN3O3/c1-30-15-14-27-22(28)20(16-4-6-17(24)7-5-16)21(23(27)29)25-18-8-10-19(11-9-18)26-12-2-3-13-26/h4-11,25H,2-3,12-15H2,1H3. The van der Waals surface area contributed by atoms with E-state index in [0.717, 1.165) is 23.7 Å². The van der Waals surface area contributed by atoms with Crippen molar-refractivity contribution in [3.05, 3.63) is 65.6 Å². The van der Waals surface area contributed by atoms with E-state index in [1.54, 1.807) is 0 Å². The summed E-state index contributed by atoms with van der Waals surface area (Å²) in [5.41, 5.74) is 2.77. The second kappa shape index (κ2) is 8.67. The number of amides is 2. The van der Waals surface area contributed by atoms with Crippen LogP contribution in [-0.2, 0) is 14.3 Å². The van der Waals surface area contributed by atoms with Crippen LogP contribution in [0.1, 0.15) is 18.4 Å². The molecule has 1 saturated heterocycles. The fraction of sp³-hybridized carbons (Fsp3) is 0.304. The summed E-state index contributed by atoms with van der Waals surface area (Å²) in [6, 6.07) is 13.4. The maximum atomic E-state index is 13.4. The van der Waals surface area contributed by atoms with Gasteiger partial charge in [0.25, 0.3) is 11.8 Å². The number of hydrogen-bond donors (Lipinski definition) is 1. The number of methoxy groups -OCH3 is 1. The summed E-state index contributed by atoms with van der Waals surface area (Å²) < 4.78 is 18.4. The minimum Gasteiger partial charge on any atom is -0.383 e. The highest BCUT2D eigenvalue weighted by Gasteiger charge is 2.39. The van der Waals surface area contributed by atoms with Gasteiger partial charge in [-0.3, -0.25) is 14.5 Å². The minimum atomic E-state index is -0.417. The summed E-state index contributed by atoms with van der Waals surface area (Å²) in [6.07, 6.45) is 2.39. The van der Waals surface area contributed by atoms with Crippen LogP contribution in [0.2, 0.25) is 0 Å². The van der Waals surface area contributed by atoms with Gasteiger partial charge in [-0.05, 0) is 54.8 Å². The smallest absolute Gasteiger partial charge is 0.278 e. The van der Waals surface area contributed by atoms with Crippen LogP contribution in [0.3, 0.4) is 0 Å². The summed E-state index contributed by atoms with van der Waals surface area (Å²) in [5.74, 6) is -1.24. The predicted molar refractivity (Wildman–Crippen MR) is 113 cm³/mol. The van der Waals surface area contributed by atoms with Crippen molar-refractivity contribution in [2.45, 2.75) is 12.8 Å². The molecular formula is C23H24FN3O3. The zero-order chi connectivity index (χ0) is 21.1. The van der Waals surface area contributed by atoms with Gasteiger partial charge in [-0.2, -0.15) is 0 Å². The molecule has 0 aromatic heterocycles. The van der Waals surface area contributed by atoms with Crippen molar-refractivity contribution in [1.82, 2.24) is 4.90 Å². The molecule has 2 aromatic carbocycles. The van der Waals surface area contributed by atoms with Crippen molar-refractivity contribution in [2.24, 2.45) is 0 Å². The van der Waals surface area contributed by atoms with E-state index in [1.165, 1.54) is 44.2 Å². The van der Waals surface area contributed by atoms with E-state index in [0.29, 0.717) is 11.3 Å². The molecule has 1 N–H and O–H groups in total. The molecular weight excluding hydrogens is 385 g/mol. The van der Waals surface area contributed by atoms with E-state index in [4.69, 9.17) is 4.74 Å². The first-order valence-electron chi connectivity index (χ1n) is 10.1. The van der Waals surface area contributed by atoms with E-state index in [1.807, 2.05) is 24.3 Å². The van der Waals surface area contributed by atoms with E-state index >= 15 is 0 Å². The fourth-order valence-corrected chi connectivity index (χ4v) is 3.84. The number of benzene rings is 2. The van der Waals surface area contributed by atoms with Gasteiger partial charge >= 0.3 is 0 Å². The first-order valence-corrected chi connectivity index (χ1v) is 10.1. The van der Waals surface area contributed by atoms with E-state index < -0.39 is 17.6 Å². The van der Waals surface area contributed by atoms with Gasteiger partial charge in [0.05, 0.1) is 18.7 Å². The Hall–Kier alpha value is -3.19. The van der Waals surface area contributed by atoms with Crippen molar-refractivity contribution in [2.75, 3.05) is 43.6 Å². The Bertz CT molecular complexity index is 964. The van der Waals surface area contributed by atoms with Gasteiger partial charge in [0.1, 0.15) is 11.5 Å². The third kappa shape index (κ3) is 3.93. The number of nitrogens with one attached hydrogen (secondary N) is 1. The maximum absolute atomic E-state index is 13.4. The number of nitrogens with zero attached hydrogens (tertiary/aromatic N) is 2. The molecule has 2 aliphatic heterocycles. The summed E-state index contributed by atoms with van der Waals surface area (Å²) >= 11 is 0. The summed E-state index contributed by atoms with van der Waals surface area (Å²) in [4.78, 5) is 29.5. The SMILES string of the molecule is COCCN1C(=O)C(Nc2ccc(N3CCCC3)cc2)=C(c2ccc(F)cc2)C1=O. The van der Waals surface area contributed by atoms with Crippen molar-refractivity contribution in [3.63, 3.8) is 0 Å². The highest BCUT2D eigenvalue weighted by atomic mass is 19.1. The number of rotatable bonds is 7. The Labute approximate surface area is 174 Å². The average molecular weight is 409 g/mol. The van der Waals surface area contributed by atoms with Gasteiger partial charge in [0, 0.05) is 31.6 Å². The predicted octanol–water partition coefficient (Wildman–Crippen LogP) is 3.26. The molecule has 2 amide bonds. The lowest BCUT2D eigenvalue weighted by molar-refractivity contribution is -0.137. The number of carbonyl (C=O) groups is 2. The fourth-order valence-electron chi connectivity index (χ4n) is 3.84. The third-order valence-corrected chi connectivity index (χ3v) is 5.43. The number of carbonyl (C=O) groups excluding carboxylic acids is 2. The number of imide groups is 1. The van der Waals surface area contributed by atoms with Gasteiger partial charge < -0.3 is 15.0 Å². The van der Waals surface area contributed by atoms with E-state index in [-0.39, 0.29) is 24.4 Å². The summed E-state index contributed by atoms with van der Waals surface area (Å²) in [5, 5.41) is 3.12. The lowest BCUT2D eigenvalue weighted by atomic mass is 10.0. The molecule has 0 spiro atoms. The zero-order valence-electron chi connectivity index (χ0n) is 16.9. The lowest BCUT2D eigenvalue weighted by Gasteiger charge is -2.18. The molecule has 6 nitrogen and oxygen atoms in total. The van der Waals surface area contributed by atoms with Crippen molar-refractivity contribution >= 4 is 28.8 Å². The number of anilines is 2. The van der Waals surface area contributed by atoms with Crippen LogP contribution in [0.5, 0.6) is 0 Å². The Balaban J connectivity index is 1.64. The summed E-state index contributed by atoms with van der Waals surface area (Å²) in [6.45, 7) is 2.49. The van der Waals surface area contributed by atoms with Gasteiger partial charge in [-0.25, -0.2) is 4.39 Å². The number of halogens is 1. The average Bonchev–Trinajstić information content (AvgIpc) is 3.36. The highest BCUT2D eigenvalue weighted by molar-refractivity contribution is 6.36. The van der Waals surface area contributed by atoms with Crippen LogP contribution in [-0.4, -0.2) is 50.1 Å². The molecule has 30 heavy (non-hydrogen) atoms. The Morgan fingerprint density at radius 2 is 1.63 bits per heavy atom. The number of ether oxygens (including phenoxy) is 1. The Kier molecular flexibility index (Phi) is 5.81. The van der Waals surface area contributed by atoms with Gasteiger partial charge in [-0.1, -0.05) is 12.1 Å². The molecule has 4 rings (SSSR count). The normalized spacial score (nSPS) is 16.7. The molecule has 0 bridgehead atoms. The minimum absolute atomic E-state index is 0.151. The highest BCUT2D eigenvalue weighted by Crippen LogP contribution is 2.31. The molecule has 156 valence electrons. The van der Waals surface area contributed by atoms with E-state index in [2.05, 4.69) is 10.2 Å². The lowest BCUT2D eigenvalue weighted by Crippen LogP contribution is -2.35. The molecule has 2 heterocycles. The molecule has 2 aliphatic rings. The van der Waals surface area contributed by atoms with Crippen LogP contribution < -0.4 is 10.2 Å². The maximum Gasteiger partial charge on any atom is 0.278 e.